The fourth-order valence-electron chi connectivity index (χ4n) is 2.31. The van der Waals surface area contributed by atoms with Crippen LogP contribution < -0.4 is 0 Å². The molecule has 0 atom stereocenters. The maximum atomic E-state index is 12.5. The van der Waals surface area contributed by atoms with Crippen molar-refractivity contribution in [2.45, 2.75) is 55.3 Å². The predicted molar refractivity (Wildman–Crippen MR) is 71.4 cm³/mol. The highest BCUT2D eigenvalue weighted by atomic mass is 32.2. The molecule has 4 heteroatoms. The molecule has 1 N–H and O–H groups in total. The van der Waals surface area contributed by atoms with E-state index in [0.29, 0.717) is 17.7 Å². The largest absolute Gasteiger partial charge is 0.393 e. The molecule has 1 aromatic carbocycles. The summed E-state index contributed by atoms with van der Waals surface area (Å²) in [7, 11) is -3.31. The minimum atomic E-state index is -3.31. The summed E-state index contributed by atoms with van der Waals surface area (Å²) in [4.78, 5) is 0.425. The Morgan fingerprint density at radius 1 is 1.17 bits per heavy atom. The molecule has 0 bridgehead atoms. The van der Waals surface area contributed by atoms with E-state index in [1.54, 1.807) is 12.1 Å². The fourth-order valence-corrected chi connectivity index (χ4v) is 4.56. The molecule has 1 aromatic rings. The van der Waals surface area contributed by atoms with Crippen LogP contribution in [-0.2, 0) is 15.3 Å². The van der Waals surface area contributed by atoms with Gasteiger partial charge in [0.2, 0.25) is 0 Å². The summed E-state index contributed by atoms with van der Waals surface area (Å²) >= 11 is 0. The van der Waals surface area contributed by atoms with E-state index in [9.17, 15) is 13.5 Å². The zero-order chi connectivity index (χ0) is 13.6. The molecule has 0 amide bonds. The van der Waals surface area contributed by atoms with Crippen LogP contribution in [0.3, 0.4) is 0 Å². The van der Waals surface area contributed by atoms with Crippen molar-refractivity contribution in [3.8, 4) is 0 Å². The molecule has 1 aliphatic rings. The first-order valence-corrected chi connectivity index (χ1v) is 7.79. The second kappa shape index (κ2) is 4.35. The van der Waals surface area contributed by atoms with Crippen LogP contribution in [0.2, 0.25) is 0 Å². The second-order valence-electron chi connectivity index (χ2n) is 6.04. The fraction of sp³-hybridized carbons (Fsp3) is 0.571. The van der Waals surface area contributed by atoms with Crippen LogP contribution >= 0.6 is 0 Å². The highest BCUT2D eigenvalue weighted by Crippen LogP contribution is 2.36. The van der Waals surface area contributed by atoms with Gasteiger partial charge < -0.3 is 5.11 Å². The van der Waals surface area contributed by atoms with Gasteiger partial charge in [-0.15, -0.1) is 0 Å². The monoisotopic (exact) mass is 268 g/mol. The van der Waals surface area contributed by atoms with E-state index in [-0.39, 0.29) is 5.41 Å². The minimum absolute atomic E-state index is 0.202. The van der Waals surface area contributed by atoms with Crippen LogP contribution in [0.4, 0.5) is 0 Å². The maximum absolute atomic E-state index is 12.5. The third kappa shape index (κ3) is 2.31. The van der Waals surface area contributed by atoms with E-state index in [1.165, 1.54) is 0 Å². The van der Waals surface area contributed by atoms with Gasteiger partial charge in [-0.05, 0) is 29.9 Å². The van der Waals surface area contributed by atoms with Gasteiger partial charge in [0, 0.05) is 0 Å². The minimum Gasteiger partial charge on any atom is -0.393 e. The standard InChI is InChI=1S/C14H20O3S/c1-14(2,3)12-6-4-5-7-13(12)18(16,17)11-8-10(15)9-11/h4-7,10-11,15H,8-9H2,1-3H3. The van der Waals surface area contributed by atoms with E-state index >= 15 is 0 Å². The summed E-state index contributed by atoms with van der Waals surface area (Å²) in [6.45, 7) is 6.03. The molecule has 0 heterocycles. The average molecular weight is 268 g/mol. The number of aliphatic hydroxyl groups excluding tert-OH is 1. The van der Waals surface area contributed by atoms with Crippen molar-refractivity contribution < 1.29 is 13.5 Å². The summed E-state index contributed by atoms with van der Waals surface area (Å²) in [5.74, 6) is 0. The van der Waals surface area contributed by atoms with Crippen LogP contribution in [0.1, 0.15) is 39.2 Å². The Kier molecular flexibility index (Phi) is 3.28. The lowest BCUT2D eigenvalue weighted by atomic mass is 9.87. The number of hydrogen-bond acceptors (Lipinski definition) is 3. The summed E-state index contributed by atoms with van der Waals surface area (Å²) in [6.07, 6.45) is 0.272. The van der Waals surface area contributed by atoms with Gasteiger partial charge in [0.1, 0.15) is 0 Å². The van der Waals surface area contributed by atoms with E-state index in [1.807, 2.05) is 32.9 Å². The van der Waals surface area contributed by atoms with Gasteiger partial charge >= 0.3 is 0 Å². The Bertz CT molecular complexity index is 534. The highest BCUT2D eigenvalue weighted by Gasteiger charge is 2.40. The smallest absolute Gasteiger partial charge is 0.181 e. The Hall–Kier alpha value is -0.870. The SMILES string of the molecule is CC(C)(C)c1ccccc1S(=O)(=O)C1CC(O)C1. The zero-order valence-corrected chi connectivity index (χ0v) is 11.9. The van der Waals surface area contributed by atoms with Gasteiger partial charge in [0.05, 0.1) is 16.2 Å². The van der Waals surface area contributed by atoms with E-state index in [4.69, 9.17) is 0 Å². The zero-order valence-electron chi connectivity index (χ0n) is 11.1. The van der Waals surface area contributed by atoms with Gasteiger partial charge in [-0.25, -0.2) is 8.42 Å². The summed E-state index contributed by atoms with van der Waals surface area (Å²) in [5.41, 5.74) is 0.651. The van der Waals surface area contributed by atoms with Gasteiger partial charge in [0.15, 0.2) is 9.84 Å². The van der Waals surface area contributed by atoms with E-state index in [0.717, 1.165) is 5.56 Å². The normalized spacial score (nSPS) is 24.7. The molecule has 3 nitrogen and oxygen atoms in total. The van der Waals surface area contributed by atoms with Crippen molar-refractivity contribution in [2.24, 2.45) is 0 Å². The predicted octanol–water partition coefficient (Wildman–Crippen LogP) is 2.28. The van der Waals surface area contributed by atoms with Gasteiger partial charge in [-0.1, -0.05) is 39.0 Å². The summed E-state index contributed by atoms with van der Waals surface area (Å²) in [5, 5.41) is 8.87. The molecule has 0 unspecified atom stereocenters. The quantitative estimate of drug-likeness (QED) is 0.895. The molecule has 1 saturated carbocycles. The molecule has 100 valence electrons. The number of sulfone groups is 1. The highest BCUT2D eigenvalue weighted by molar-refractivity contribution is 7.92. The number of benzene rings is 1. The first-order chi connectivity index (χ1) is 8.23. The first kappa shape index (κ1) is 13.6. The molecular formula is C14H20O3S. The van der Waals surface area contributed by atoms with Crippen molar-refractivity contribution in [1.82, 2.24) is 0 Å². The van der Waals surface area contributed by atoms with Crippen molar-refractivity contribution in [3.05, 3.63) is 29.8 Å². The molecule has 0 saturated heterocycles. The number of hydrogen-bond donors (Lipinski definition) is 1. The van der Waals surface area contributed by atoms with Gasteiger partial charge in [-0.3, -0.25) is 0 Å². The van der Waals surface area contributed by atoms with Crippen molar-refractivity contribution >= 4 is 9.84 Å². The first-order valence-electron chi connectivity index (χ1n) is 6.24. The van der Waals surface area contributed by atoms with Crippen LogP contribution in [0.5, 0.6) is 0 Å². The molecule has 1 fully saturated rings. The maximum Gasteiger partial charge on any atom is 0.181 e. The molecule has 0 aromatic heterocycles. The topological polar surface area (TPSA) is 54.4 Å². The molecule has 0 spiro atoms. The molecule has 18 heavy (non-hydrogen) atoms. The molecule has 0 aliphatic heterocycles. The van der Waals surface area contributed by atoms with Gasteiger partial charge in [0.25, 0.3) is 0 Å². The average Bonchev–Trinajstić information content (AvgIpc) is 2.23. The van der Waals surface area contributed by atoms with E-state index in [2.05, 4.69) is 0 Å². The number of aliphatic hydroxyl groups is 1. The summed E-state index contributed by atoms with van der Waals surface area (Å²) < 4.78 is 25.0. The lowest BCUT2D eigenvalue weighted by Gasteiger charge is -2.32. The second-order valence-corrected chi connectivity index (χ2v) is 8.23. The lowest BCUT2D eigenvalue weighted by molar-refractivity contribution is 0.0977. The molecule has 2 rings (SSSR count). The molecular weight excluding hydrogens is 248 g/mol. The number of rotatable bonds is 2. The Morgan fingerprint density at radius 2 is 1.72 bits per heavy atom. The summed E-state index contributed by atoms with van der Waals surface area (Å²) in [6, 6.07) is 7.19. The molecule has 1 aliphatic carbocycles. The lowest BCUT2D eigenvalue weighted by Crippen LogP contribution is -2.40. The Balaban J connectivity index is 2.46. The van der Waals surface area contributed by atoms with Gasteiger partial charge in [-0.2, -0.15) is 0 Å². The Morgan fingerprint density at radius 3 is 2.22 bits per heavy atom. The third-order valence-corrected chi connectivity index (χ3v) is 5.74. The Labute approximate surface area is 109 Å². The van der Waals surface area contributed by atoms with Crippen LogP contribution in [0.15, 0.2) is 29.2 Å². The molecule has 0 radical (unpaired) electrons. The van der Waals surface area contributed by atoms with Crippen LogP contribution in [-0.4, -0.2) is 24.9 Å². The van der Waals surface area contributed by atoms with Crippen molar-refractivity contribution in [1.29, 1.82) is 0 Å². The van der Waals surface area contributed by atoms with Crippen LogP contribution in [0.25, 0.3) is 0 Å². The van der Waals surface area contributed by atoms with Crippen LogP contribution in [0, 0.1) is 0 Å². The van der Waals surface area contributed by atoms with E-state index < -0.39 is 21.2 Å². The van der Waals surface area contributed by atoms with Crippen molar-refractivity contribution in [2.75, 3.05) is 0 Å². The van der Waals surface area contributed by atoms with Crippen molar-refractivity contribution in [3.63, 3.8) is 0 Å². The third-order valence-electron chi connectivity index (χ3n) is 3.51.